The molecular formula is C13H13BrN2O2S. The Hall–Kier alpha value is -1.40. The van der Waals surface area contributed by atoms with Crippen LogP contribution in [0.4, 0.5) is 5.13 Å². The van der Waals surface area contributed by atoms with Crippen molar-refractivity contribution >= 4 is 38.4 Å². The third-order valence-electron chi connectivity index (χ3n) is 2.38. The highest BCUT2D eigenvalue weighted by Gasteiger charge is 2.11. The van der Waals surface area contributed by atoms with E-state index in [0.717, 1.165) is 10.0 Å². The molecule has 6 heteroatoms. The van der Waals surface area contributed by atoms with Crippen LogP contribution in [0.25, 0.3) is 0 Å². The van der Waals surface area contributed by atoms with E-state index in [4.69, 9.17) is 4.74 Å². The fourth-order valence-electron chi connectivity index (χ4n) is 1.47. The molecule has 0 fully saturated rings. The van der Waals surface area contributed by atoms with E-state index in [-0.39, 0.29) is 5.97 Å². The molecular weight excluding hydrogens is 328 g/mol. The molecule has 0 spiro atoms. The number of benzene rings is 1. The quantitative estimate of drug-likeness (QED) is 0.843. The van der Waals surface area contributed by atoms with Crippen LogP contribution in [-0.2, 0) is 11.3 Å². The summed E-state index contributed by atoms with van der Waals surface area (Å²) in [6.45, 7) is 2.78. The largest absolute Gasteiger partial charge is 0.461 e. The molecule has 4 nitrogen and oxygen atoms in total. The molecule has 0 radical (unpaired) electrons. The summed E-state index contributed by atoms with van der Waals surface area (Å²) in [4.78, 5) is 15.7. The number of esters is 1. The summed E-state index contributed by atoms with van der Waals surface area (Å²) >= 11 is 4.88. The molecule has 0 saturated carbocycles. The summed E-state index contributed by atoms with van der Waals surface area (Å²) in [5.41, 5.74) is 1.48. The van der Waals surface area contributed by atoms with Crippen molar-refractivity contribution in [1.29, 1.82) is 0 Å². The molecule has 2 aromatic rings. The Morgan fingerprint density at radius 2 is 2.26 bits per heavy atom. The number of nitrogens with zero attached hydrogens (tertiary/aromatic N) is 1. The summed E-state index contributed by atoms with van der Waals surface area (Å²) in [5, 5.41) is 5.59. The number of aromatic nitrogens is 1. The Morgan fingerprint density at radius 1 is 1.47 bits per heavy atom. The predicted octanol–water partition coefficient (Wildman–Crippen LogP) is 3.69. The zero-order valence-electron chi connectivity index (χ0n) is 10.4. The number of ether oxygens (including phenoxy) is 1. The van der Waals surface area contributed by atoms with Gasteiger partial charge in [-0.15, -0.1) is 11.3 Å². The van der Waals surface area contributed by atoms with Crippen LogP contribution < -0.4 is 5.32 Å². The van der Waals surface area contributed by atoms with Crippen molar-refractivity contribution in [1.82, 2.24) is 4.98 Å². The molecule has 100 valence electrons. The van der Waals surface area contributed by atoms with Gasteiger partial charge in [0.25, 0.3) is 0 Å². The normalized spacial score (nSPS) is 10.2. The molecule has 0 aliphatic carbocycles. The molecule has 0 bridgehead atoms. The molecule has 2 rings (SSSR count). The highest BCUT2D eigenvalue weighted by atomic mass is 79.9. The van der Waals surface area contributed by atoms with Crippen LogP contribution in [0.1, 0.15) is 23.0 Å². The zero-order chi connectivity index (χ0) is 13.7. The molecule has 0 amide bonds. The molecule has 19 heavy (non-hydrogen) atoms. The smallest absolute Gasteiger partial charge is 0.357 e. The van der Waals surface area contributed by atoms with E-state index in [9.17, 15) is 4.79 Å². The minimum absolute atomic E-state index is 0.349. The second kappa shape index (κ2) is 6.68. The molecule has 0 unspecified atom stereocenters. The average Bonchev–Trinajstić information content (AvgIpc) is 2.87. The molecule has 1 heterocycles. The summed E-state index contributed by atoms with van der Waals surface area (Å²) < 4.78 is 5.94. The van der Waals surface area contributed by atoms with Crippen LogP contribution in [0.15, 0.2) is 34.1 Å². The van der Waals surface area contributed by atoms with E-state index in [1.807, 2.05) is 24.3 Å². The summed E-state index contributed by atoms with van der Waals surface area (Å²) in [7, 11) is 0. The van der Waals surface area contributed by atoms with Crippen molar-refractivity contribution in [2.45, 2.75) is 13.5 Å². The van der Waals surface area contributed by atoms with Gasteiger partial charge in [0.1, 0.15) is 0 Å². The summed E-state index contributed by atoms with van der Waals surface area (Å²) in [6, 6.07) is 7.96. The molecule has 0 aliphatic heterocycles. The fraction of sp³-hybridized carbons (Fsp3) is 0.231. The van der Waals surface area contributed by atoms with E-state index in [2.05, 4.69) is 26.2 Å². The van der Waals surface area contributed by atoms with Crippen molar-refractivity contribution in [2.75, 3.05) is 11.9 Å². The van der Waals surface area contributed by atoms with Crippen LogP contribution in [-0.4, -0.2) is 17.6 Å². The lowest BCUT2D eigenvalue weighted by Crippen LogP contribution is -2.05. The molecule has 0 atom stereocenters. The Bertz CT molecular complexity index is 571. The van der Waals surface area contributed by atoms with E-state index < -0.39 is 0 Å². The van der Waals surface area contributed by atoms with Gasteiger partial charge in [-0.25, -0.2) is 9.78 Å². The number of nitrogens with one attached hydrogen (secondary N) is 1. The Kier molecular flexibility index (Phi) is 4.93. The van der Waals surface area contributed by atoms with Gasteiger partial charge >= 0.3 is 5.97 Å². The Balaban J connectivity index is 1.97. The Morgan fingerprint density at radius 3 is 3.00 bits per heavy atom. The maximum atomic E-state index is 11.5. The minimum atomic E-state index is -0.382. The van der Waals surface area contributed by atoms with Crippen molar-refractivity contribution in [3.05, 3.63) is 45.4 Å². The highest BCUT2D eigenvalue weighted by molar-refractivity contribution is 9.10. The molecule has 0 saturated heterocycles. The lowest BCUT2D eigenvalue weighted by atomic mass is 10.2. The molecule has 1 aromatic heterocycles. The van der Waals surface area contributed by atoms with E-state index >= 15 is 0 Å². The van der Waals surface area contributed by atoms with Crippen molar-refractivity contribution in [2.24, 2.45) is 0 Å². The van der Waals surface area contributed by atoms with Gasteiger partial charge in [0.2, 0.25) is 0 Å². The predicted molar refractivity (Wildman–Crippen MR) is 79.5 cm³/mol. The van der Waals surface area contributed by atoms with E-state index in [0.29, 0.717) is 24.0 Å². The van der Waals surface area contributed by atoms with Gasteiger partial charge in [-0.1, -0.05) is 34.1 Å². The molecule has 1 N–H and O–H groups in total. The summed E-state index contributed by atoms with van der Waals surface area (Å²) in [5.74, 6) is -0.382. The van der Waals surface area contributed by atoms with Gasteiger partial charge in [0.05, 0.1) is 6.61 Å². The number of carbonyl (C=O) groups excluding carboxylic acids is 1. The zero-order valence-corrected chi connectivity index (χ0v) is 12.8. The number of hydrogen-bond acceptors (Lipinski definition) is 5. The number of carbonyl (C=O) groups is 1. The molecule has 1 aromatic carbocycles. The van der Waals surface area contributed by atoms with Gasteiger partial charge < -0.3 is 10.1 Å². The van der Waals surface area contributed by atoms with Gasteiger partial charge in [0.15, 0.2) is 10.8 Å². The number of anilines is 1. The third-order valence-corrected chi connectivity index (χ3v) is 3.95. The van der Waals surface area contributed by atoms with Crippen LogP contribution >= 0.6 is 27.3 Å². The Labute approximate surface area is 124 Å². The fourth-order valence-corrected chi connectivity index (χ4v) is 2.57. The number of hydrogen-bond donors (Lipinski definition) is 1. The monoisotopic (exact) mass is 340 g/mol. The number of rotatable bonds is 5. The standard InChI is InChI=1S/C13H13BrN2O2S/c1-2-18-12(17)11-8-19-13(16-11)15-7-9-5-3-4-6-10(9)14/h3-6,8H,2,7H2,1H3,(H,15,16). The van der Waals surface area contributed by atoms with Crippen molar-refractivity contribution < 1.29 is 9.53 Å². The number of halogens is 1. The lowest BCUT2D eigenvalue weighted by Gasteiger charge is -2.04. The van der Waals surface area contributed by atoms with Gasteiger partial charge in [-0.05, 0) is 18.6 Å². The second-order valence-corrected chi connectivity index (χ2v) is 5.42. The molecule has 0 aliphatic rings. The van der Waals surface area contributed by atoms with E-state index in [1.54, 1.807) is 12.3 Å². The SMILES string of the molecule is CCOC(=O)c1csc(NCc2ccccc2Br)n1. The maximum absolute atomic E-state index is 11.5. The first-order chi connectivity index (χ1) is 9.20. The third kappa shape index (κ3) is 3.78. The van der Waals surface area contributed by atoms with E-state index in [1.165, 1.54) is 11.3 Å². The van der Waals surface area contributed by atoms with Crippen LogP contribution in [0.5, 0.6) is 0 Å². The van der Waals surface area contributed by atoms with Crippen molar-refractivity contribution in [3.63, 3.8) is 0 Å². The van der Waals surface area contributed by atoms with Gasteiger partial charge in [-0.3, -0.25) is 0 Å². The first-order valence-electron chi connectivity index (χ1n) is 5.80. The van der Waals surface area contributed by atoms with Crippen LogP contribution in [0, 0.1) is 0 Å². The van der Waals surface area contributed by atoms with Crippen molar-refractivity contribution in [3.8, 4) is 0 Å². The first kappa shape index (κ1) is 14.0. The highest BCUT2D eigenvalue weighted by Crippen LogP contribution is 2.20. The summed E-state index contributed by atoms with van der Waals surface area (Å²) in [6.07, 6.45) is 0. The van der Waals surface area contributed by atoms with Gasteiger partial charge in [-0.2, -0.15) is 0 Å². The van der Waals surface area contributed by atoms with Gasteiger partial charge in [0, 0.05) is 16.4 Å². The lowest BCUT2D eigenvalue weighted by molar-refractivity contribution is 0.0520. The topological polar surface area (TPSA) is 51.2 Å². The second-order valence-electron chi connectivity index (χ2n) is 3.70. The van der Waals surface area contributed by atoms with Crippen LogP contribution in [0.2, 0.25) is 0 Å². The number of thiazole rings is 1. The first-order valence-corrected chi connectivity index (χ1v) is 7.48. The van der Waals surface area contributed by atoms with Crippen LogP contribution in [0.3, 0.4) is 0 Å². The maximum Gasteiger partial charge on any atom is 0.357 e. The average molecular weight is 341 g/mol. The minimum Gasteiger partial charge on any atom is -0.461 e.